The number of ketones is 1. The molecule has 0 spiro atoms. The van der Waals surface area contributed by atoms with Gasteiger partial charge in [-0.3, -0.25) is 4.79 Å². The molecule has 2 nitrogen and oxygen atoms in total. The van der Waals surface area contributed by atoms with Crippen LogP contribution in [0.1, 0.15) is 32.6 Å². The third-order valence-electron chi connectivity index (χ3n) is 3.38. The lowest BCUT2D eigenvalue weighted by atomic mass is 9.97. The van der Waals surface area contributed by atoms with Gasteiger partial charge in [0.15, 0.2) is 5.78 Å². The molecule has 20 heavy (non-hydrogen) atoms. The van der Waals surface area contributed by atoms with Gasteiger partial charge in [-0.1, -0.05) is 29.3 Å². The molecule has 2 aromatic rings. The lowest BCUT2D eigenvalue weighted by molar-refractivity contribution is 0.0992. The van der Waals surface area contributed by atoms with E-state index in [2.05, 4.69) is 32.0 Å². The van der Waals surface area contributed by atoms with Crippen LogP contribution < -0.4 is 4.74 Å². The first-order valence-corrected chi connectivity index (χ1v) is 6.74. The Morgan fingerprint density at radius 3 is 2.20 bits per heavy atom. The van der Waals surface area contributed by atoms with Gasteiger partial charge >= 0.3 is 0 Å². The molecule has 104 valence electrons. The molecular weight excluding hydrogens is 248 g/mol. The maximum absolute atomic E-state index is 12.4. The van der Waals surface area contributed by atoms with Crippen molar-refractivity contribution < 1.29 is 9.53 Å². The van der Waals surface area contributed by atoms with Crippen LogP contribution in [0.15, 0.2) is 36.4 Å². The van der Waals surface area contributed by atoms with Crippen LogP contribution in [0.25, 0.3) is 0 Å². The Kier molecular flexibility index (Phi) is 4.23. The SMILES string of the molecule is COc1ccc(C(=O)Cc2cc(C)cc(C)c2)c(C)c1. The number of aryl methyl sites for hydroxylation is 3. The molecule has 0 saturated heterocycles. The van der Waals surface area contributed by atoms with Crippen LogP contribution in [0.4, 0.5) is 0 Å². The first-order chi connectivity index (χ1) is 9.49. The Morgan fingerprint density at radius 2 is 1.65 bits per heavy atom. The number of rotatable bonds is 4. The molecule has 0 saturated carbocycles. The molecule has 0 unspecified atom stereocenters. The van der Waals surface area contributed by atoms with Crippen LogP contribution in [0.3, 0.4) is 0 Å². The molecule has 0 aliphatic heterocycles. The molecule has 2 heteroatoms. The molecule has 0 atom stereocenters. The third-order valence-corrected chi connectivity index (χ3v) is 3.38. The van der Waals surface area contributed by atoms with E-state index in [0.29, 0.717) is 6.42 Å². The van der Waals surface area contributed by atoms with Gasteiger partial charge in [-0.05, 0) is 50.1 Å². The van der Waals surface area contributed by atoms with Crippen LogP contribution in [-0.2, 0) is 6.42 Å². The number of methoxy groups -OCH3 is 1. The Bertz CT molecular complexity index is 622. The van der Waals surface area contributed by atoms with E-state index in [9.17, 15) is 4.79 Å². The van der Waals surface area contributed by atoms with Gasteiger partial charge in [0, 0.05) is 12.0 Å². The quantitative estimate of drug-likeness (QED) is 0.782. The zero-order chi connectivity index (χ0) is 14.7. The van der Waals surface area contributed by atoms with Gasteiger partial charge in [0.05, 0.1) is 7.11 Å². The third kappa shape index (κ3) is 3.27. The Hall–Kier alpha value is -2.09. The van der Waals surface area contributed by atoms with Gasteiger partial charge in [-0.15, -0.1) is 0 Å². The highest BCUT2D eigenvalue weighted by atomic mass is 16.5. The highest BCUT2D eigenvalue weighted by Crippen LogP contribution is 2.19. The van der Waals surface area contributed by atoms with Crippen LogP contribution in [0.2, 0.25) is 0 Å². The van der Waals surface area contributed by atoms with Crippen molar-refractivity contribution in [3.05, 3.63) is 64.2 Å². The molecule has 0 aliphatic rings. The second kappa shape index (κ2) is 5.91. The summed E-state index contributed by atoms with van der Waals surface area (Å²) in [5.74, 6) is 0.931. The van der Waals surface area contributed by atoms with Gasteiger partial charge in [0.1, 0.15) is 5.75 Å². The van der Waals surface area contributed by atoms with Crippen molar-refractivity contribution in [3.8, 4) is 5.75 Å². The van der Waals surface area contributed by atoms with Crippen LogP contribution in [-0.4, -0.2) is 12.9 Å². The van der Waals surface area contributed by atoms with Gasteiger partial charge in [-0.25, -0.2) is 0 Å². The molecule has 2 aromatic carbocycles. The second-order valence-corrected chi connectivity index (χ2v) is 5.28. The number of carbonyl (C=O) groups is 1. The van der Waals surface area contributed by atoms with Crippen molar-refractivity contribution in [1.82, 2.24) is 0 Å². The normalized spacial score (nSPS) is 10.4. The van der Waals surface area contributed by atoms with E-state index in [4.69, 9.17) is 4.74 Å². The molecule has 0 amide bonds. The molecule has 0 fully saturated rings. The van der Waals surface area contributed by atoms with E-state index in [-0.39, 0.29) is 5.78 Å². The molecule has 0 aliphatic carbocycles. The molecule has 0 aromatic heterocycles. The number of carbonyl (C=O) groups excluding carboxylic acids is 1. The lowest BCUT2D eigenvalue weighted by Gasteiger charge is -2.08. The fourth-order valence-electron chi connectivity index (χ4n) is 2.53. The summed E-state index contributed by atoms with van der Waals surface area (Å²) in [6.45, 7) is 6.05. The Morgan fingerprint density at radius 1 is 1.00 bits per heavy atom. The molecule has 0 radical (unpaired) electrons. The Balaban J connectivity index is 2.23. The summed E-state index contributed by atoms with van der Waals surface area (Å²) in [5, 5.41) is 0. The van der Waals surface area contributed by atoms with E-state index in [0.717, 1.165) is 22.4 Å². The minimum Gasteiger partial charge on any atom is -0.497 e. The molecule has 2 rings (SSSR count). The van der Waals surface area contributed by atoms with Gasteiger partial charge in [0.2, 0.25) is 0 Å². The standard InChI is InChI=1S/C18H20O2/c1-12-7-13(2)9-15(8-12)11-18(19)17-6-5-16(20-4)10-14(17)3/h5-10H,11H2,1-4H3. The lowest BCUT2D eigenvalue weighted by Crippen LogP contribution is -2.06. The largest absolute Gasteiger partial charge is 0.497 e. The van der Waals surface area contributed by atoms with Crippen molar-refractivity contribution in [2.75, 3.05) is 7.11 Å². The summed E-state index contributed by atoms with van der Waals surface area (Å²) in [5.41, 5.74) is 5.19. The fraction of sp³-hybridized carbons (Fsp3) is 0.278. The van der Waals surface area contributed by atoms with Gasteiger partial charge < -0.3 is 4.74 Å². The van der Waals surface area contributed by atoms with Gasteiger partial charge in [-0.2, -0.15) is 0 Å². The van der Waals surface area contributed by atoms with Crippen LogP contribution in [0.5, 0.6) is 5.75 Å². The summed E-state index contributed by atoms with van der Waals surface area (Å²) >= 11 is 0. The topological polar surface area (TPSA) is 26.3 Å². The predicted molar refractivity (Wildman–Crippen MR) is 81.7 cm³/mol. The average Bonchev–Trinajstić information content (AvgIpc) is 2.36. The number of hydrogen-bond acceptors (Lipinski definition) is 2. The number of benzene rings is 2. The van der Waals surface area contributed by atoms with Crippen LogP contribution >= 0.6 is 0 Å². The maximum atomic E-state index is 12.4. The smallest absolute Gasteiger partial charge is 0.167 e. The van der Waals surface area contributed by atoms with E-state index in [1.54, 1.807) is 7.11 Å². The maximum Gasteiger partial charge on any atom is 0.167 e. The number of hydrogen-bond donors (Lipinski definition) is 0. The molecule has 0 bridgehead atoms. The van der Waals surface area contributed by atoms with Gasteiger partial charge in [0.25, 0.3) is 0 Å². The zero-order valence-electron chi connectivity index (χ0n) is 12.5. The fourth-order valence-corrected chi connectivity index (χ4v) is 2.53. The highest BCUT2D eigenvalue weighted by molar-refractivity contribution is 5.99. The monoisotopic (exact) mass is 268 g/mol. The second-order valence-electron chi connectivity index (χ2n) is 5.28. The summed E-state index contributed by atoms with van der Waals surface area (Å²) < 4.78 is 5.17. The molecule has 0 heterocycles. The first-order valence-electron chi connectivity index (χ1n) is 6.74. The van der Waals surface area contributed by atoms with Crippen molar-refractivity contribution in [2.24, 2.45) is 0 Å². The van der Waals surface area contributed by atoms with Crippen LogP contribution in [0, 0.1) is 20.8 Å². The van der Waals surface area contributed by atoms with Crippen molar-refractivity contribution in [3.63, 3.8) is 0 Å². The summed E-state index contributed by atoms with van der Waals surface area (Å²) in [7, 11) is 1.63. The van der Waals surface area contributed by atoms with E-state index in [1.165, 1.54) is 11.1 Å². The summed E-state index contributed by atoms with van der Waals surface area (Å²) in [6.07, 6.45) is 0.440. The number of Topliss-reactive ketones (excluding diaryl/α,β-unsaturated/α-hetero) is 1. The minimum absolute atomic E-state index is 0.148. The molecule has 0 N–H and O–H groups in total. The first kappa shape index (κ1) is 14.3. The minimum atomic E-state index is 0.148. The highest BCUT2D eigenvalue weighted by Gasteiger charge is 2.11. The number of ether oxygens (including phenoxy) is 1. The van der Waals surface area contributed by atoms with Crippen molar-refractivity contribution >= 4 is 5.78 Å². The summed E-state index contributed by atoms with van der Waals surface area (Å²) in [6, 6.07) is 11.8. The summed E-state index contributed by atoms with van der Waals surface area (Å²) in [4.78, 5) is 12.4. The van der Waals surface area contributed by atoms with E-state index in [1.807, 2.05) is 25.1 Å². The van der Waals surface area contributed by atoms with E-state index < -0.39 is 0 Å². The van der Waals surface area contributed by atoms with E-state index >= 15 is 0 Å². The zero-order valence-corrected chi connectivity index (χ0v) is 12.5. The van der Waals surface area contributed by atoms with Crippen molar-refractivity contribution in [1.29, 1.82) is 0 Å². The molecular formula is C18H20O2. The average molecular weight is 268 g/mol. The van der Waals surface area contributed by atoms with Crippen molar-refractivity contribution in [2.45, 2.75) is 27.2 Å². The Labute approximate surface area is 120 Å². The predicted octanol–water partition coefficient (Wildman–Crippen LogP) is 4.05.